The van der Waals surface area contributed by atoms with Crippen molar-refractivity contribution in [1.82, 2.24) is 5.43 Å². The highest BCUT2D eigenvalue weighted by Crippen LogP contribution is 2.26. The third-order valence-corrected chi connectivity index (χ3v) is 3.78. The molecule has 22 heavy (non-hydrogen) atoms. The first-order valence-corrected chi connectivity index (χ1v) is 7.70. The number of hydrogen-bond acceptors (Lipinski definition) is 5. The first-order chi connectivity index (χ1) is 10.7. The van der Waals surface area contributed by atoms with Crippen molar-refractivity contribution in [2.75, 3.05) is 7.11 Å². The molecule has 0 aliphatic heterocycles. The number of rotatable bonds is 7. The Labute approximate surface area is 132 Å². The Hall–Kier alpha value is -2.41. The molecule has 0 saturated heterocycles. The third kappa shape index (κ3) is 4.85. The number of thioether (sulfide) groups is 1. The van der Waals surface area contributed by atoms with Crippen LogP contribution in [0.25, 0.3) is 0 Å². The predicted octanol–water partition coefficient (Wildman–Crippen LogP) is 2.72. The maximum absolute atomic E-state index is 10.6. The van der Waals surface area contributed by atoms with Gasteiger partial charge in [-0.1, -0.05) is 0 Å². The van der Waals surface area contributed by atoms with Crippen molar-refractivity contribution in [3.05, 3.63) is 53.5 Å². The second-order valence-corrected chi connectivity index (χ2v) is 5.36. The van der Waals surface area contributed by atoms with E-state index in [4.69, 9.17) is 14.9 Å². The summed E-state index contributed by atoms with van der Waals surface area (Å²) in [6.45, 7) is 0. The average Bonchev–Trinajstić information content (AvgIpc) is 3.00. The smallest absolute Gasteiger partial charge is 0.332 e. The lowest BCUT2D eigenvalue weighted by Gasteiger charge is -2.09. The van der Waals surface area contributed by atoms with Crippen LogP contribution in [0.2, 0.25) is 0 Å². The summed E-state index contributed by atoms with van der Waals surface area (Å²) in [5, 5.41) is 3.75. The van der Waals surface area contributed by atoms with Crippen LogP contribution in [0, 0.1) is 0 Å². The average molecular weight is 319 g/mol. The molecule has 2 rings (SSSR count). The van der Waals surface area contributed by atoms with Gasteiger partial charge in [-0.2, -0.15) is 5.10 Å². The molecule has 0 atom stereocenters. The van der Waals surface area contributed by atoms with Gasteiger partial charge in [-0.05, 0) is 35.9 Å². The molecule has 0 saturated carbocycles. The molecular weight excluding hydrogens is 302 g/mol. The fourth-order valence-corrected chi connectivity index (χ4v) is 2.73. The van der Waals surface area contributed by atoms with Crippen LogP contribution in [0.3, 0.4) is 0 Å². The van der Waals surface area contributed by atoms with Crippen LogP contribution in [0.4, 0.5) is 4.79 Å². The van der Waals surface area contributed by atoms with Gasteiger partial charge in [-0.3, -0.25) is 0 Å². The van der Waals surface area contributed by atoms with Gasteiger partial charge < -0.3 is 14.9 Å². The standard InChI is InChI=1S/C15H17N3O3S/c1-20-14-5-4-11(8-17-18-15(16)19)7-12(14)9-22-10-13-3-2-6-21-13/h2-8H,9-10H2,1H3,(H3,16,18,19). The molecule has 1 heterocycles. The number of carbonyl (C=O) groups is 1. The lowest BCUT2D eigenvalue weighted by Crippen LogP contribution is -2.24. The first-order valence-electron chi connectivity index (χ1n) is 6.54. The summed E-state index contributed by atoms with van der Waals surface area (Å²) < 4.78 is 10.7. The number of hydrogen-bond donors (Lipinski definition) is 2. The number of primary amides is 1. The number of amides is 2. The number of hydrazone groups is 1. The zero-order chi connectivity index (χ0) is 15.8. The molecule has 116 valence electrons. The van der Waals surface area contributed by atoms with Gasteiger partial charge in [0.2, 0.25) is 0 Å². The molecule has 0 spiro atoms. The van der Waals surface area contributed by atoms with Crippen molar-refractivity contribution in [2.24, 2.45) is 10.8 Å². The van der Waals surface area contributed by atoms with E-state index in [1.54, 1.807) is 25.1 Å². The second-order valence-electron chi connectivity index (χ2n) is 4.38. The molecule has 0 aliphatic carbocycles. The largest absolute Gasteiger partial charge is 0.496 e. The zero-order valence-corrected chi connectivity index (χ0v) is 12.9. The van der Waals surface area contributed by atoms with E-state index >= 15 is 0 Å². The molecule has 2 aromatic rings. The monoisotopic (exact) mass is 319 g/mol. The van der Waals surface area contributed by atoms with E-state index in [2.05, 4.69) is 10.5 Å². The van der Waals surface area contributed by atoms with E-state index in [9.17, 15) is 4.79 Å². The minimum absolute atomic E-state index is 0.695. The lowest BCUT2D eigenvalue weighted by molar-refractivity contribution is 0.249. The van der Waals surface area contributed by atoms with Crippen LogP contribution >= 0.6 is 11.8 Å². The lowest BCUT2D eigenvalue weighted by atomic mass is 10.1. The van der Waals surface area contributed by atoms with E-state index in [1.807, 2.05) is 30.3 Å². The number of ether oxygens (including phenoxy) is 1. The Bertz CT molecular complexity index is 641. The van der Waals surface area contributed by atoms with Crippen LogP contribution in [-0.2, 0) is 11.5 Å². The maximum Gasteiger partial charge on any atom is 0.332 e. The molecule has 0 fully saturated rings. The summed E-state index contributed by atoms with van der Waals surface area (Å²) in [5.74, 6) is 3.31. The fraction of sp³-hybridized carbons (Fsp3) is 0.200. The summed E-state index contributed by atoms with van der Waals surface area (Å²) in [5.41, 5.74) is 9.01. The summed E-state index contributed by atoms with van der Waals surface area (Å²) in [6, 6.07) is 8.81. The van der Waals surface area contributed by atoms with Crippen molar-refractivity contribution in [3.63, 3.8) is 0 Å². The predicted molar refractivity (Wildman–Crippen MR) is 87.0 cm³/mol. The Morgan fingerprint density at radius 2 is 2.32 bits per heavy atom. The summed E-state index contributed by atoms with van der Waals surface area (Å²) in [4.78, 5) is 10.6. The molecule has 0 bridgehead atoms. The fourth-order valence-electron chi connectivity index (χ4n) is 1.82. The normalized spacial score (nSPS) is 10.8. The van der Waals surface area contributed by atoms with Gasteiger partial charge in [0.15, 0.2) is 0 Å². The first kappa shape index (κ1) is 16.0. The van der Waals surface area contributed by atoms with Gasteiger partial charge in [0.25, 0.3) is 0 Å². The van der Waals surface area contributed by atoms with Gasteiger partial charge in [-0.25, -0.2) is 10.2 Å². The van der Waals surface area contributed by atoms with Gasteiger partial charge in [-0.15, -0.1) is 11.8 Å². The molecule has 1 aromatic carbocycles. The number of urea groups is 1. The Kier molecular flexibility index (Phi) is 5.91. The van der Waals surface area contributed by atoms with Gasteiger partial charge >= 0.3 is 6.03 Å². The molecule has 0 radical (unpaired) electrons. The number of furan rings is 1. The number of methoxy groups -OCH3 is 1. The molecule has 0 aliphatic rings. The van der Waals surface area contributed by atoms with Gasteiger partial charge in [0.1, 0.15) is 11.5 Å². The van der Waals surface area contributed by atoms with Crippen molar-refractivity contribution in [3.8, 4) is 5.75 Å². The molecule has 7 heteroatoms. The number of benzene rings is 1. The van der Waals surface area contributed by atoms with Gasteiger partial charge in [0.05, 0.1) is 25.3 Å². The van der Waals surface area contributed by atoms with Crippen LogP contribution < -0.4 is 15.9 Å². The molecule has 3 N–H and O–H groups in total. The quantitative estimate of drug-likeness (QED) is 0.606. The van der Waals surface area contributed by atoms with Crippen LogP contribution in [0.1, 0.15) is 16.9 Å². The third-order valence-electron chi connectivity index (χ3n) is 2.77. The summed E-state index contributed by atoms with van der Waals surface area (Å²) in [6.07, 6.45) is 3.20. The van der Waals surface area contributed by atoms with Crippen LogP contribution in [-0.4, -0.2) is 19.4 Å². The van der Waals surface area contributed by atoms with Crippen LogP contribution in [0.15, 0.2) is 46.1 Å². The van der Waals surface area contributed by atoms with Crippen molar-refractivity contribution in [1.29, 1.82) is 0 Å². The highest BCUT2D eigenvalue weighted by atomic mass is 32.2. The minimum Gasteiger partial charge on any atom is -0.496 e. The molecule has 2 amide bonds. The zero-order valence-electron chi connectivity index (χ0n) is 12.1. The highest BCUT2D eigenvalue weighted by molar-refractivity contribution is 7.97. The van der Waals surface area contributed by atoms with E-state index in [1.165, 1.54) is 6.21 Å². The van der Waals surface area contributed by atoms with Gasteiger partial charge in [0, 0.05) is 11.3 Å². The second kappa shape index (κ2) is 8.14. The van der Waals surface area contributed by atoms with E-state index in [0.717, 1.165) is 34.1 Å². The van der Waals surface area contributed by atoms with E-state index in [-0.39, 0.29) is 0 Å². The Morgan fingerprint density at radius 1 is 1.45 bits per heavy atom. The number of carbonyl (C=O) groups excluding carboxylic acids is 1. The Morgan fingerprint density at radius 3 is 3.00 bits per heavy atom. The molecule has 0 unspecified atom stereocenters. The summed E-state index contributed by atoms with van der Waals surface area (Å²) >= 11 is 1.72. The molecule has 6 nitrogen and oxygen atoms in total. The van der Waals surface area contributed by atoms with Crippen molar-refractivity contribution >= 4 is 24.0 Å². The molecular formula is C15H17N3O3S. The number of nitrogens with one attached hydrogen (secondary N) is 1. The molecule has 1 aromatic heterocycles. The van der Waals surface area contributed by atoms with Crippen molar-refractivity contribution in [2.45, 2.75) is 11.5 Å². The summed E-state index contributed by atoms with van der Waals surface area (Å²) in [7, 11) is 1.64. The maximum atomic E-state index is 10.6. The SMILES string of the molecule is COc1ccc(C=NNC(N)=O)cc1CSCc1ccco1. The highest BCUT2D eigenvalue weighted by Gasteiger charge is 2.05. The van der Waals surface area contributed by atoms with Crippen LogP contribution in [0.5, 0.6) is 5.75 Å². The van der Waals surface area contributed by atoms with E-state index < -0.39 is 6.03 Å². The topological polar surface area (TPSA) is 89.9 Å². The van der Waals surface area contributed by atoms with Crippen molar-refractivity contribution < 1.29 is 13.9 Å². The van der Waals surface area contributed by atoms with E-state index in [0.29, 0.717) is 0 Å². The minimum atomic E-state index is -0.695. The number of nitrogens with two attached hydrogens (primary N) is 1. The number of nitrogens with zero attached hydrogens (tertiary/aromatic N) is 1. The Balaban J connectivity index is 2.00.